The second kappa shape index (κ2) is 5.88. The number of nitriles is 1. The van der Waals surface area contributed by atoms with Gasteiger partial charge in [0.25, 0.3) is 0 Å². The van der Waals surface area contributed by atoms with E-state index < -0.39 is 0 Å². The maximum Gasteiger partial charge on any atom is 0.122 e. The molecule has 0 saturated carbocycles. The third-order valence-corrected chi connectivity index (χ3v) is 3.47. The first kappa shape index (κ1) is 12.9. The van der Waals surface area contributed by atoms with Gasteiger partial charge in [-0.15, -0.1) is 0 Å². The molecule has 1 heterocycles. The molecular formula is C15H20N2O. The average Bonchev–Trinajstić information content (AvgIpc) is 2.38. The second-order valence-electron chi connectivity index (χ2n) is 5.00. The highest BCUT2D eigenvalue weighted by Crippen LogP contribution is 2.30. The Morgan fingerprint density at radius 2 is 2.28 bits per heavy atom. The molecule has 1 atom stereocenters. The number of ether oxygens (including phenoxy) is 1. The van der Waals surface area contributed by atoms with Crippen LogP contribution in [-0.2, 0) is 6.42 Å². The smallest absolute Gasteiger partial charge is 0.122 e. The Balaban J connectivity index is 2.22. The van der Waals surface area contributed by atoms with Gasteiger partial charge >= 0.3 is 0 Å². The van der Waals surface area contributed by atoms with Gasteiger partial charge in [0.05, 0.1) is 12.7 Å². The van der Waals surface area contributed by atoms with Crippen LogP contribution in [0.2, 0.25) is 0 Å². The van der Waals surface area contributed by atoms with E-state index in [4.69, 9.17) is 10.00 Å². The fourth-order valence-electron chi connectivity index (χ4n) is 2.51. The Labute approximate surface area is 109 Å². The third kappa shape index (κ3) is 2.83. The number of benzene rings is 1. The minimum atomic E-state index is 0.317. The van der Waals surface area contributed by atoms with Gasteiger partial charge < -0.3 is 9.64 Å². The van der Waals surface area contributed by atoms with Gasteiger partial charge in [-0.1, -0.05) is 12.1 Å². The van der Waals surface area contributed by atoms with E-state index in [0.29, 0.717) is 12.5 Å². The zero-order valence-corrected chi connectivity index (χ0v) is 11.1. The van der Waals surface area contributed by atoms with Crippen molar-refractivity contribution in [1.29, 1.82) is 5.26 Å². The highest BCUT2D eigenvalue weighted by atomic mass is 16.5. The molecule has 2 rings (SSSR count). The van der Waals surface area contributed by atoms with Crippen molar-refractivity contribution in [2.75, 3.05) is 20.7 Å². The van der Waals surface area contributed by atoms with Gasteiger partial charge in [0.15, 0.2) is 0 Å². The monoisotopic (exact) mass is 244 g/mol. The van der Waals surface area contributed by atoms with Gasteiger partial charge in [0, 0.05) is 12.5 Å². The van der Waals surface area contributed by atoms with Crippen molar-refractivity contribution in [3.8, 4) is 11.8 Å². The van der Waals surface area contributed by atoms with E-state index in [1.54, 1.807) is 0 Å². The molecule has 0 bridgehead atoms. The van der Waals surface area contributed by atoms with Crippen LogP contribution in [0.3, 0.4) is 0 Å². The maximum atomic E-state index is 8.75. The molecule has 1 aliphatic rings. The quantitative estimate of drug-likeness (QED) is 0.817. The van der Waals surface area contributed by atoms with Crippen LogP contribution >= 0.6 is 0 Å². The first-order valence-corrected chi connectivity index (χ1v) is 6.51. The summed E-state index contributed by atoms with van der Waals surface area (Å²) >= 11 is 0. The van der Waals surface area contributed by atoms with E-state index in [0.717, 1.165) is 31.6 Å². The normalized spacial score (nSPS) is 15.7. The summed E-state index contributed by atoms with van der Waals surface area (Å²) in [6.45, 7) is 0.831. The van der Waals surface area contributed by atoms with E-state index in [1.165, 1.54) is 11.1 Å². The molecule has 3 nitrogen and oxygen atoms in total. The molecule has 96 valence electrons. The Kier molecular flexibility index (Phi) is 4.22. The summed E-state index contributed by atoms with van der Waals surface area (Å²) < 4.78 is 5.63. The highest BCUT2D eigenvalue weighted by Gasteiger charge is 2.17. The van der Waals surface area contributed by atoms with Crippen molar-refractivity contribution in [2.45, 2.75) is 31.7 Å². The van der Waals surface area contributed by atoms with E-state index in [2.05, 4.69) is 43.3 Å². The zero-order chi connectivity index (χ0) is 13.0. The van der Waals surface area contributed by atoms with Gasteiger partial charge in [0.1, 0.15) is 5.75 Å². The number of aryl methyl sites for hydroxylation is 1. The molecule has 0 aromatic heterocycles. The lowest BCUT2D eigenvalue weighted by molar-refractivity contribution is 0.279. The molecule has 0 aliphatic carbocycles. The minimum Gasteiger partial charge on any atom is -0.493 e. The summed E-state index contributed by atoms with van der Waals surface area (Å²) in [6.07, 6.45) is 3.67. The molecule has 1 unspecified atom stereocenters. The standard InChI is InChI=1S/C15H20N2O/c1-17(2)14(6-3-9-16)12-7-8-15-13(11-12)5-4-10-18-15/h7-8,11,14H,3-6,10H2,1-2H3. The zero-order valence-electron chi connectivity index (χ0n) is 11.1. The van der Waals surface area contributed by atoms with Crippen molar-refractivity contribution in [3.63, 3.8) is 0 Å². The number of hydrogen-bond donors (Lipinski definition) is 0. The predicted octanol–water partition coefficient (Wildman–Crippen LogP) is 2.92. The lowest BCUT2D eigenvalue weighted by Gasteiger charge is -2.26. The largest absolute Gasteiger partial charge is 0.493 e. The minimum absolute atomic E-state index is 0.317. The molecule has 0 N–H and O–H groups in total. The van der Waals surface area contributed by atoms with Gasteiger partial charge in [-0.25, -0.2) is 0 Å². The van der Waals surface area contributed by atoms with Crippen LogP contribution < -0.4 is 4.74 Å². The van der Waals surface area contributed by atoms with E-state index in [-0.39, 0.29) is 0 Å². The van der Waals surface area contributed by atoms with Gasteiger partial charge in [-0.2, -0.15) is 5.26 Å². The summed E-state index contributed by atoms with van der Waals surface area (Å²) in [5, 5.41) is 8.75. The Morgan fingerprint density at radius 3 is 3.00 bits per heavy atom. The molecule has 18 heavy (non-hydrogen) atoms. The molecule has 1 aromatic rings. The Morgan fingerprint density at radius 1 is 1.44 bits per heavy atom. The molecule has 0 amide bonds. The molecule has 3 heteroatoms. The van der Waals surface area contributed by atoms with E-state index >= 15 is 0 Å². The molecule has 0 radical (unpaired) electrons. The number of fused-ring (bicyclic) bond motifs is 1. The molecular weight excluding hydrogens is 224 g/mol. The van der Waals surface area contributed by atoms with Crippen molar-refractivity contribution < 1.29 is 4.74 Å². The summed E-state index contributed by atoms with van der Waals surface area (Å²) in [5.74, 6) is 1.03. The van der Waals surface area contributed by atoms with Gasteiger partial charge in [-0.3, -0.25) is 0 Å². The van der Waals surface area contributed by atoms with Crippen LogP contribution in [-0.4, -0.2) is 25.6 Å². The van der Waals surface area contributed by atoms with Crippen molar-refractivity contribution in [3.05, 3.63) is 29.3 Å². The molecule has 0 saturated heterocycles. The van der Waals surface area contributed by atoms with Gasteiger partial charge in [0.2, 0.25) is 0 Å². The SMILES string of the molecule is CN(C)C(CCC#N)c1ccc2c(c1)CCCO2. The summed E-state index contributed by atoms with van der Waals surface area (Å²) in [4.78, 5) is 2.18. The maximum absolute atomic E-state index is 8.75. The fourth-order valence-corrected chi connectivity index (χ4v) is 2.51. The lowest BCUT2D eigenvalue weighted by atomic mass is 9.96. The van der Waals surface area contributed by atoms with Crippen LogP contribution in [0.15, 0.2) is 18.2 Å². The third-order valence-electron chi connectivity index (χ3n) is 3.47. The topological polar surface area (TPSA) is 36.3 Å². The summed E-state index contributed by atoms with van der Waals surface area (Å²) in [6, 6.07) is 9.00. The van der Waals surface area contributed by atoms with E-state index in [1.807, 2.05) is 0 Å². The molecule has 1 aromatic carbocycles. The molecule has 0 fully saturated rings. The second-order valence-corrected chi connectivity index (χ2v) is 5.00. The van der Waals surface area contributed by atoms with Crippen LogP contribution in [0.25, 0.3) is 0 Å². The molecule has 1 aliphatic heterocycles. The van der Waals surface area contributed by atoms with E-state index in [9.17, 15) is 0 Å². The average molecular weight is 244 g/mol. The Bertz CT molecular complexity index is 448. The summed E-state index contributed by atoms with van der Waals surface area (Å²) in [7, 11) is 4.13. The summed E-state index contributed by atoms with van der Waals surface area (Å²) in [5.41, 5.74) is 2.60. The highest BCUT2D eigenvalue weighted by molar-refractivity contribution is 5.39. The van der Waals surface area contributed by atoms with Crippen LogP contribution in [0.5, 0.6) is 5.75 Å². The Hall–Kier alpha value is -1.53. The van der Waals surface area contributed by atoms with Crippen LogP contribution in [0, 0.1) is 11.3 Å². The van der Waals surface area contributed by atoms with Crippen molar-refractivity contribution in [2.24, 2.45) is 0 Å². The van der Waals surface area contributed by atoms with Crippen molar-refractivity contribution in [1.82, 2.24) is 4.90 Å². The van der Waals surface area contributed by atoms with Crippen LogP contribution in [0.4, 0.5) is 0 Å². The first-order valence-electron chi connectivity index (χ1n) is 6.51. The van der Waals surface area contributed by atoms with Crippen LogP contribution in [0.1, 0.15) is 36.4 Å². The predicted molar refractivity (Wildman–Crippen MR) is 71.5 cm³/mol. The first-order chi connectivity index (χ1) is 8.72. The number of hydrogen-bond acceptors (Lipinski definition) is 3. The molecule has 0 spiro atoms. The lowest BCUT2D eigenvalue weighted by Crippen LogP contribution is -2.20. The van der Waals surface area contributed by atoms with Gasteiger partial charge in [-0.05, 0) is 50.6 Å². The number of rotatable bonds is 4. The fraction of sp³-hybridized carbons (Fsp3) is 0.533. The number of nitrogens with zero attached hydrogens (tertiary/aromatic N) is 2. The van der Waals surface area contributed by atoms with Crippen molar-refractivity contribution >= 4 is 0 Å².